The van der Waals surface area contributed by atoms with E-state index in [1.807, 2.05) is 0 Å². The van der Waals surface area contributed by atoms with Gasteiger partial charge in [0.25, 0.3) is 0 Å². The predicted molar refractivity (Wildman–Crippen MR) is 58.8 cm³/mol. The van der Waals surface area contributed by atoms with Crippen molar-refractivity contribution in [1.82, 2.24) is 14.5 Å². The van der Waals surface area contributed by atoms with Crippen molar-refractivity contribution in [3.63, 3.8) is 0 Å². The van der Waals surface area contributed by atoms with Gasteiger partial charge in [-0.3, -0.25) is 9.55 Å². The minimum absolute atomic E-state index is 0.611. The van der Waals surface area contributed by atoms with Gasteiger partial charge < -0.3 is 14.9 Å². The fourth-order valence-electron chi connectivity index (χ4n) is 1.85. The quantitative estimate of drug-likeness (QED) is 0.513. The van der Waals surface area contributed by atoms with E-state index in [2.05, 4.69) is 4.98 Å². The highest BCUT2D eigenvalue weighted by Gasteiger charge is 2.57. The summed E-state index contributed by atoms with van der Waals surface area (Å²) in [4.78, 5) is 27.4. The third-order valence-corrected chi connectivity index (χ3v) is 2.85. The van der Waals surface area contributed by atoms with Crippen molar-refractivity contribution >= 4 is 0 Å². The lowest BCUT2D eigenvalue weighted by atomic mass is 9.97. The van der Waals surface area contributed by atoms with Gasteiger partial charge in [0.05, 0.1) is 6.61 Å². The number of alkyl halides is 1. The number of nitrogens with zero attached hydrogens (tertiary/aromatic N) is 2. The van der Waals surface area contributed by atoms with Gasteiger partial charge in [-0.1, -0.05) is 5.92 Å². The third kappa shape index (κ3) is 1.95. The van der Waals surface area contributed by atoms with E-state index in [4.69, 9.17) is 16.3 Å². The average Bonchev–Trinajstić information content (AvgIpc) is 2.63. The maximum atomic E-state index is 14.5. The van der Waals surface area contributed by atoms with Gasteiger partial charge >= 0.3 is 11.4 Å². The number of ether oxygens (including phenoxy) is 1. The molecular formula is C10H10FN3O5. The number of hydrogen-bond donors (Lipinski definition) is 3. The maximum Gasteiger partial charge on any atom is 0.350 e. The summed E-state index contributed by atoms with van der Waals surface area (Å²) < 4.78 is 20.1. The first-order chi connectivity index (χ1) is 8.93. The van der Waals surface area contributed by atoms with E-state index in [0.717, 1.165) is 6.33 Å². The number of H-pyrrole nitrogens is 1. The molecule has 102 valence electrons. The van der Waals surface area contributed by atoms with Crippen molar-refractivity contribution in [2.24, 2.45) is 0 Å². The summed E-state index contributed by atoms with van der Waals surface area (Å²) >= 11 is 0. The van der Waals surface area contributed by atoms with Crippen LogP contribution < -0.4 is 11.4 Å². The molecule has 2 heterocycles. The molecule has 1 aliphatic heterocycles. The van der Waals surface area contributed by atoms with Gasteiger partial charge in [-0.05, 0) is 0 Å². The van der Waals surface area contributed by atoms with Crippen LogP contribution in [0.15, 0.2) is 15.9 Å². The van der Waals surface area contributed by atoms with Crippen LogP contribution in [0, 0.1) is 12.3 Å². The van der Waals surface area contributed by atoms with E-state index in [9.17, 15) is 19.1 Å². The lowest BCUT2D eigenvalue weighted by Crippen LogP contribution is -2.45. The van der Waals surface area contributed by atoms with Crippen LogP contribution in [-0.4, -0.2) is 49.2 Å². The molecule has 1 fully saturated rings. The SMILES string of the molecule is C#CC1(F)C(O)[C@@H](CO)O[C@H]1n1cnc(=O)[nH]c1=O. The van der Waals surface area contributed by atoms with Crippen LogP contribution in [0.25, 0.3) is 0 Å². The Bertz CT molecular complexity index is 635. The van der Waals surface area contributed by atoms with Crippen molar-refractivity contribution in [2.45, 2.75) is 24.1 Å². The minimum atomic E-state index is -2.73. The topological polar surface area (TPSA) is 117 Å². The Morgan fingerprint density at radius 3 is 2.89 bits per heavy atom. The number of aliphatic hydroxyl groups is 2. The first-order valence-corrected chi connectivity index (χ1v) is 5.22. The molecule has 0 amide bonds. The van der Waals surface area contributed by atoms with Crippen LogP contribution >= 0.6 is 0 Å². The molecule has 0 radical (unpaired) electrons. The molecule has 1 aromatic heterocycles. The summed E-state index contributed by atoms with van der Waals surface area (Å²) in [5.41, 5.74) is -4.63. The zero-order valence-corrected chi connectivity index (χ0v) is 9.49. The summed E-state index contributed by atoms with van der Waals surface area (Å²) in [5.74, 6) is 1.71. The molecule has 3 N–H and O–H groups in total. The number of aromatic amines is 1. The summed E-state index contributed by atoms with van der Waals surface area (Å²) in [7, 11) is 0. The first kappa shape index (κ1) is 13.4. The molecule has 0 aliphatic carbocycles. The Balaban J connectivity index is 2.52. The van der Waals surface area contributed by atoms with E-state index in [-0.39, 0.29) is 0 Å². The normalized spacial score (nSPS) is 34.1. The van der Waals surface area contributed by atoms with E-state index in [0.29, 0.717) is 4.57 Å². The van der Waals surface area contributed by atoms with Crippen molar-refractivity contribution < 1.29 is 19.3 Å². The van der Waals surface area contributed by atoms with Gasteiger partial charge in [0.1, 0.15) is 18.5 Å². The van der Waals surface area contributed by atoms with Crippen LogP contribution in [-0.2, 0) is 4.74 Å². The summed E-state index contributed by atoms with van der Waals surface area (Å²) in [6, 6.07) is 0. The molecule has 8 nitrogen and oxygen atoms in total. The second-order valence-corrected chi connectivity index (χ2v) is 3.95. The zero-order chi connectivity index (χ0) is 14.2. The average molecular weight is 271 g/mol. The molecule has 2 unspecified atom stereocenters. The molecule has 0 spiro atoms. The number of nitrogens with one attached hydrogen (secondary N) is 1. The Morgan fingerprint density at radius 2 is 2.37 bits per heavy atom. The fourth-order valence-corrected chi connectivity index (χ4v) is 1.85. The van der Waals surface area contributed by atoms with Crippen molar-refractivity contribution in [2.75, 3.05) is 6.61 Å². The third-order valence-electron chi connectivity index (χ3n) is 2.85. The molecule has 4 atom stereocenters. The molecule has 1 saturated heterocycles. The van der Waals surface area contributed by atoms with Gasteiger partial charge in [-0.15, -0.1) is 6.42 Å². The Labute approximate surface area is 105 Å². The Morgan fingerprint density at radius 1 is 1.68 bits per heavy atom. The van der Waals surface area contributed by atoms with Crippen molar-refractivity contribution in [3.8, 4) is 12.3 Å². The summed E-state index contributed by atoms with van der Waals surface area (Å²) in [6.07, 6.45) is 0.989. The highest BCUT2D eigenvalue weighted by atomic mass is 19.1. The van der Waals surface area contributed by atoms with E-state index >= 15 is 0 Å². The molecule has 0 aromatic carbocycles. The molecular weight excluding hydrogens is 261 g/mol. The van der Waals surface area contributed by atoms with Gasteiger partial charge in [-0.25, -0.2) is 14.0 Å². The number of aromatic nitrogens is 3. The molecule has 1 aliphatic rings. The molecule has 1 aromatic rings. The zero-order valence-electron chi connectivity index (χ0n) is 9.49. The number of halogens is 1. The van der Waals surface area contributed by atoms with Crippen LogP contribution in [0.1, 0.15) is 6.23 Å². The van der Waals surface area contributed by atoms with Crippen molar-refractivity contribution in [1.29, 1.82) is 0 Å². The van der Waals surface area contributed by atoms with Crippen LogP contribution in [0.3, 0.4) is 0 Å². The van der Waals surface area contributed by atoms with Gasteiger partial charge in [0.15, 0.2) is 6.23 Å². The summed E-state index contributed by atoms with van der Waals surface area (Å²) in [6.45, 7) is -0.684. The number of hydrogen-bond acceptors (Lipinski definition) is 6. The fraction of sp³-hybridized carbons (Fsp3) is 0.500. The van der Waals surface area contributed by atoms with Crippen LogP contribution in [0.2, 0.25) is 0 Å². The van der Waals surface area contributed by atoms with Gasteiger partial charge in [-0.2, -0.15) is 4.98 Å². The maximum absolute atomic E-state index is 14.5. The monoisotopic (exact) mass is 271 g/mol. The first-order valence-electron chi connectivity index (χ1n) is 5.22. The molecule has 9 heteroatoms. The standard InChI is InChI=1S/C10H10FN3O5/c1-2-10(11)6(16)5(3-15)19-7(10)14-4-12-8(17)13-9(14)18/h1,4-7,15-16H,3H2,(H,13,17,18)/t5-,6?,7-,10?/m1/s1. The van der Waals surface area contributed by atoms with Crippen LogP contribution in [0.5, 0.6) is 0 Å². The molecule has 0 bridgehead atoms. The van der Waals surface area contributed by atoms with E-state index in [1.165, 1.54) is 0 Å². The summed E-state index contributed by atoms with van der Waals surface area (Å²) in [5, 5.41) is 18.6. The molecule has 19 heavy (non-hydrogen) atoms. The second kappa shape index (κ2) is 4.58. The second-order valence-electron chi connectivity index (χ2n) is 3.95. The highest BCUT2D eigenvalue weighted by molar-refractivity contribution is 5.19. The number of terminal acetylenes is 1. The van der Waals surface area contributed by atoms with Crippen LogP contribution in [0.4, 0.5) is 4.39 Å². The lowest BCUT2D eigenvalue weighted by Gasteiger charge is -2.23. The van der Waals surface area contributed by atoms with Gasteiger partial charge in [0, 0.05) is 0 Å². The minimum Gasteiger partial charge on any atom is -0.394 e. The predicted octanol–water partition coefficient (Wildman–Crippen LogP) is -2.48. The Kier molecular flexibility index (Phi) is 3.23. The van der Waals surface area contributed by atoms with Gasteiger partial charge in [0.2, 0.25) is 5.67 Å². The highest BCUT2D eigenvalue weighted by Crippen LogP contribution is 2.40. The number of aliphatic hydroxyl groups excluding tert-OH is 2. The van der Waals surface area contributed by atoms with E-state index in [1.54, 1.807) is 10.9 Å². The Hall–Kier alpha value is -2.02. The lowest BCUT2D eigenvalue weighted by molar-refractivity contribution is -0.0548. The van der Waals surface area contributed by atoms with E-state index < -0.39 is 42.1 Å². The molecule has 2 rings (SSSR count). The largest absolute Gasteiger partial charge is 0.394 e. The smallest absolute Gasteiger partial charge is 0.350 e. The van der Waals surface area contributed by atoms with Crippen molar-refractivity contribution in [3.05, 3.63) is 27.3 Å². The number of rotatable bonds is 2. The molecule has 0 saturated carbocycles.